The Morgan fingerprint density at radius 2 is 0.541 bits per heavy atom. The molecule has 2 nitrogen and oxygen atoms in total. The van der Waals surface area contributed by atoms with Gasteiger partial charge in [-0.25, -0.2) is 10.9 Å². The van der Waals surface area contributed by atoms with Crippen LogP contribution in [0.2, 0.25) is 0 Å². The second kappa shape index (κ2) is 18.3. The van der Waals surface area contributed by atoms with Gasteiger partial charge in [0.25, 0.3) is 0 Å². The van der Waals surface area contributed by atoms with Gasteiger partial charge in [-0.05, 0) is 89.4 Å². The molecule has 6 rings (SSSR count). The van der Waals surface area contributed by atoms with Crippen molar-refractivity contribution < 1.29 is 9.47 Å². The minimum absolute atomic E-state index is 0.0659. The summed E-state index contributed by atoms with van der Waals surface area (Å²) in [7, 11) is 1.85. The van der Waals surface area contributed by atoms with E-state index in [1.807, 2.05) is 0 Å². The summed E-state index contributed by atoms with van der Waals surface area (Å²) in [6, 6.07) is 58.6. The number of methoxy groups -OCH3 is 2. The van der Waals surface area contributed by atoms with Crippen molar-refractivity contribution in [3.05, 3.63) is 168 Å². The highest BCUT2D eigenvalue weighted by Gasteiger charge is 2.36. The Bertz CT molecular complexity index is 2030. The van der Waals surface area contributed by atoms with Crippen LogP contribution in [0.25, 0.3) is 0 Å². The highest BCUT2D eigenvalue weighted by molar-refractivity contribution is 7.79. The second-order valence-electron chi connectivity index (χ2n) is 21.2. The molecule has 6 aromatic rings. The molecule has 6 aromatic carbocycles. The maximum atomic E-state index is 5.81. The van der Waals surface area contributed by atoms with E-state index in [0.717, 1.165) is 23.6 Å². The fourth-order valence-corrected chi connectivity index (χ4v) is 14.6. The highest BCUT2D eigenvalue weighted by Crippen LogP contribution is 2.44. The van der Waals surface area contributed by atoms with Crippen molar-refractivity contribution in [2.75, 3.05) is 26.3 Å². The van der Waals surface area contributed by atoms with E-state index in [9.17, 15) is 0 Å². The van der Waals surface area contributed by atoms with Crippen molar-refractivity contribution in [2.45, 2.75) is 105 Å². The van der Waals surface area contributed by atoms with Crippen LogP contribution in [0.3, 0.4) is 0 Å². The lowest BCUT2D eigenvalue weighted by atomic mass is 9.21. The van der Waals surface area contributed by atoms with Crippen molar-refractivity contribution >= 4 is 54.1 Å². The molecule has 0 spiro atoms. The Morgan fingerprint density at radius 3 is 0.721 bits per heavy atom. The SMILES string of the molecule is COc1ccc([B-](CP(c2ccc(C(C)(C)C)cc2)c2ccc(C(C)(C)C)cc2)(CP(c2ccc(C(C)(C)C)cc2)c2ccc(C(C)(C)C)cc2)c2ccc(OC)cc2)cc1. The summed E-state index contributed by atoms with van der Waals surface area (Å²) in [5.41, 5.74) is 8.42. The van der Waals surface area contributed by atoms with Gasteiger partial charge in [-0.1, -0.05) is 220 Å². The summed E-state index contributed by atoms with van der Waals surface area (Å²) >= 11 is 0. The summed E-state index contributed by atoms with van der Waals surface area (Å²) in [6.07, 6.45) is -1.45. The molecule has 0 saturated heterocycles. The first-order valence-corrected chi connectivity index (χ1v) is 25.1. The van der Waals surface area contributed by atoms with Crippen LogP contribution < -0.4 is 41.6 Å². The summed E-state index contributed by atoms with van der Waals surface area (Å²) in [5.74, 6) is 1.75. The Labute approximate surface area is 372 Å². The summed E-state index contributed by atoms with van der Waals surface area (Å²) in [5, 5.41) is 5.64. The predicted molar refractivity (Wildman–Crippen MR) is 274 cm³/mol. The van der Waals surface area contributed by atoms with E-state index in [-0.39, 0.29) is 21.7 Å². The minimum Gasteiger partial charge on any atom is -0.497 e. The van der Waals surface area contributed by atoms with Crippen molar-refractivity contribution in [1.29, 1.82) is 0 Å². The van der Waals surface area contributed by atoms with Gasteiger partial charge in [-0.2, -0.15) is 0 Å². The zero-order chi connectivity index (χ0) is 44.4. The molecule has 320 valence electrons. The number of hydrogen-bond donors (Lipinski definition) is 0. The van der Waals surface area contributed by atoms with Crippen LogP contribution in [0.1, 0.15) is 105 Å². The molecule has 0 unspecified atom stereocenters. The van der Waals surface area contributed by atoms with Gasteiger partial charge < -0.3 is 9.47 Å². The zero-order valence-electron chi connectivity index (χ0n) is 39.6. The zero-order valence-corrected chi connectivity index (χ0v) is 41.3. The molecule has 61 heavy (non-hydrogen) atoms. The molecular weight excluding hydrogens is 777 g/mol. The molecular formula is C56H70BO2P2-. The molecule has 0 heterocycles. The van der Waals surface area contributed by atoms with E-state index in [0.29, 0.717) is 0 Å². The summed E-state index contributed by atoms with van der Waals surface area (Å²) in [6.45, 7) is 27.7. The molecule has 5 heteroatoms. The summed E-state index contributed by atoms with van der Waals surface area (Å²) < 4.78 is 11.6. The molecule has 0 bridgehead atoms. The lowest BCUT2D eigenvalue weighted by molar-refractivity contribution is 0.415. The molecule has 0 aliphatic rings. The average Bonchev–Trinajstić information content (AvgIpc) is 3.23. The fraction of sp³-hybridized carbons (Fsp3) is 0.357. The molecule has 0 radical (unpaired) electrons. The molecule has 0 fully saturated rings. The molecule has 0 aliphatic carbocycles. The van der Waals surface area contributed by atoms with Crippen LogP contribution in [-0.4, -0.2) is 32.5 Å². The van der Waals surface area contributed by atoms with Crippen molar-refractivity contribution in [1.82, 2.24) is 0 Å². The number of ether oxygens (including phenoxy) is 2. The van der Waals surface area contributed by atoms with Crippen molar-refractivity contribution in [3.8, 4) is 11.5 Å². The largest absolute Gasteiger partial charge is 0.497 e. The van der Waals surface area contributed by atoms with Crippen LogP contribution in [0.15, 0.2) is 146 Å². The van der Waals surface area contributed by atoms with Gasteiger partial charge in [0.2, 0.25) is 0 Å². The Hall–Kier alpha value is -4.16. The first-order chi connectivity index (χ1) is 28.6. The van der Waals surface area contributed by atoms with Gasteiger partial charge in [-0.15, -0.1) is 12.1 Å². The van der Waals surface area contributed by atoms with Crippen LogP contribution in [0.4, 0.5) is 0 Å². The quantitative estimate of drug-likeness (QED) is 0.0902. The highest BCUT2D eigenvalue weighted by atomic mass is 31.1. The number of rotatable bonds is 12. The fourth-order valence-electron chi connectivity index (χ4n) is 8.53. The first kappa shape index (κ1) is 46.4. The molecule has 0 amide bonds. The van der Waals surface area contributed by atoms with Gasteiger partial charge in [0.1, 0.15) is 11.5 Å². The summed E-state index contributed by atoms with van der Waals surface area (Å²) in [4.78, 5) is 0. The first-order valence-electron chi connectivity index (χ1n) is 22.1. The van der Waals surface area contributed by atoms with Crippen molar-refractivity contribution in [2.24, 2.45) is 0 Å². The smallest absolute Gasteiger partial charge is 0.118 e. The lowest BCUT2D eigenvalue weighted by Gasteiger charge is -2.47. The maximum Gasteiger partial charge on any atom is 0.118 e. The lowest BCUT2D eigenvalue weighted by Crippen LogP contribution is -2.65. The monoisotopic (exact) mass is 847 g/mol. The molecule has 0 atom stereocenters. The normalized spacial score (nSPS) is 12.9. The third-order valence-corrected chi connectivity index (χ3v) is 18.3. The van der Waals surface area contributed by atoms with E-state index >= 15 is 0 Å². The van der Waals surface area contributed by atoms with Crippen LogP contribution >= 0.6 is 15.8 Å². The third kappa shape index (κ3) is 10.9. The molecule has 0 aromatic heterocycles. The Balaban J connectivity index is 1.66. The maximum absolute atomic E-state index is 5.81. The van der Waals surface area contributed by atoms with Crippen LogP contribution in [-0.2, 0) is 21.7 Å². The van der Waals surface area contributed by atoms with Gasteiger partial charge in [0, 0.05) is 0 Å². The second-order valence-corrected chi connectivity index (χ2v) is 25.7. The van der Waals surface area contributed by atoms with E-state index in [1.165, 1.54) is 54.4 Å². The number of benzene rings is 6. The van der Waals surface area contributed by atoms with E-state index in [4.69, 9.17) is 9.47 Å². The van der Waals surface area contributed by atoms with Crippen LogP contribution in [0, 0.1) is 0 Å². The standard InChI is InChI=1S/C56H70BO2P2/c1-53(2,3)41-15-31-49(32-16-41)60(50-33-17-42(18-34-50)54(4,5)6)39-57(45-23-27-47(58-13)28-24-45,46-25-29-48(59-14)30-26-46)40-61(51-35-19-43(20-36-51)55(7,8)9)52-37-21-44(22-38-52)56(10,11)12/h15-38H,39-40H2,1-14H3/q-1. The molecule has 0 aliphatic heterocycles. The van der Waals surface area contributed by atoms with E-state index < -0.39 is 22.0 Å². The van der Waals surface area contributed by atoms with E-state index in [2.05, 4.69) is 229 Å². The van der Waals surface area contributed by atoms with Crippen molar-refractivity contribution in [3.63, 3.8) is 0 Å². The Kier molecular flexibility index (Phi) is 13.9. The predicted octanol–water partition coefficient (Wildman–Crippen LogP) is 11.8. The van der Waals surface area contributed by atoms with Crippen LogP contribution in [0.5, 0.6) is 11.5 Å². The van der Waals surface area contributed by atoms with Gasteiger partial charge >= 0.3 is 0 Å². The van der Waals surface area contributed by atoms with Gasteiger partial charge in [-0.3, -0.25) is 0 Å². The molecule has 0 N–H and O–H groups in total. The Morgan fingerprint density at radius 1 is 0.328 bits per heavy atom. The average molecular weight is 848 g/mol. The third-order valence-electron chi connectivity index (χ3n) is 12.7. The minimum atomic E-state index is -1.45. The van der Waals surface area contributed by atoms with E-state index in [1.54, 1.807) is 14.2 Å². The topological polar surface area (TPSA) is 18.5 Å². The van der Waals surface area contributed by atoms with Gasteiger partial charge in [0.15, 0.2) is 0 Å². The molecule has 0 saturated carbocycles. The van der Waals surface area contributed by atoms with Gasteiger partial charge in [0.05, 0.1) is 20.4 Å². The number of hydrogen-bond acceptors (Lipinski definition) is 2.